The number of halogens is 1. The summed E-state index contributed by atoms with van der Waals surface area (Å²) in [5.74, 6) is 0.0809. The van der Waals surface area contributed by atoms with Crippen molar-refractivity contribution in [2.45, 2.75) is 13.5 Å². The lowest BCUT2D eigenvalue weighted by Gasteiger charge is -2.11. The number of benzene rings is 4. The number of rotatable bonds is 6. The molecule has 0 fully saturated rings. The van der Waals surface area contributed by atoms with Crippen LogP contribution in [0.15, 0.2) is 90.5 Å². The molecule has 1 N–H and O–H groups in total. The average Bonchev–Trinajstić information content (AvgIpc) is 2.84. The lowest BCUT2D eigenvalue weighted by atomic mass is 10.1. The smallest absolute Gasteiger partial charge is 0.266 e. The van der Waals surface area contributed by atoms with Crippen LogP contribution in [0.25, 0.3) is 16.8 Å². The molecule has 162 valence electrons. The second-order valence-electron chi connectivity index (χ2n) is 7.54. The normalized spacial score (nSPS) is 11.1. The average molecular weight is 453 g/mol. The number of carbonyl (C=O) groups is 1. The van der Waals surface area contributed by atoms with E-state index in [9.17, 15) is 10.1 Å². The van der Waals surface area contributed by atoms with Gasteiger partial charge in [0.25, 0.3) is 5.91 Å². The van der Waals surface area contributed by atoms with Gasteiger partial charge in [-0.3, -0.25) is 4.79 Å². The fourth-order valence-corrected chi connectivity index (χ4v) is 3.63. The number of hydrogen-bond donors (Lipinski definition) is 1. The van der Waals surface area contributed by atoms with Crippen LogP contribution >= 0.6 is 11.6 Å². The fourth-order valence-electron chi connectivity index (χ4n) is 3.46. The van der Waals surface area contributed by atoms with Gasteiger partial charge in [-0.1, -0.05) is 72.3 Å². The third-order valence-electron chi connectivity index (χ3n) is 5.31. The molecule has 0 spiro atoms. The van der Waals surface area contributed by atoms with Gasteiger partial charge in [0.1, 0.15) is 24.0 Å². The molecule has 33 heavy (non-hydrogen) atoms. The molecule has 0 heterocycles. The minimum Gasteiger partial charge on any atom is -0.488 e. The van der Waals surface area contributed by atoms with Gasteiger partial charge in [-0.15, -0.1) is 0 Å². The Balaban J connectivity index is 1.54. The minimum absolute atomic E-state index is 0.0314. The van der Waals surface area contributed by atoms with Crippen LogP contribution in [0.4, 0.5) is 5.69 Å². The largest absolute Gasteiger partial charge is 0.488 e. The van der Waals surface area contributed by atoms with E-state index in [1.54, 1.807) is 18.2 Å². The van der Waals surface area contributed by atoms with E-state index in [1.165, 1.54) is 11.5 Å². The Bertz CT molecular complexity index is 1400. The van der Waals surface area contributed by atoms with E-state index < -0.39 is 5.91 Å². The van der Waals surface area contributed by atoms with Gasteiger partial charge in [-0.2, -0.15) is 5.26 Å². The van der Waals surface area contributed by atoms with Gasteiger partial charge in [-0.05, 0) is 59.2 Å². The lowest BCUT2D eigenvalue weighted by molar-refractivity contribution is -0.112. The quantitative estimate of drug-likeness (QED) is 0.255. The predicted octanol–water partition coefficient (Wildman–Crippen LogP) is 6.93. The van der Waals surface area contributed by atoms with Crippen molar-refractivity contribution in [3.8, 4) is 11.8 Å². The molecule has 0 radical (unpaired) electrons. The molecule has 0 aliphatic rings. The zero-order chi connectivity index (χ0) is 23.2. The molecular weight excluding hydrogens is 432 g/mol. The third-order valence-corrected chi connectivity index (χ3v) is 5.72. The van der Waals surface area contributed by atoms with E-state index in [2.05, 4.69) is 29.6 Å². The molecule has 1 amide bonds. The molecule has 4 aromatic carbocycles. The standard InChI is InChI=1S/C28H21ClN2O2/c1-19-25(29)10-6-11-26(19)31-28(32)24(17-30)16-23-9-4-5-12-27(23)33-18-20-13-14-21-7-2-3-8-22(21)15-20/h2-16H,18H2,1H3,(H,31,32)/b24-16-. The first-order valence-corrected chi connectivity index (χ1v) is 10.8. The Hall–Kier alpha value is -4.07. The molecule has 0 saturated heterocycles. The highest BCUT2D eigenvalue weighted by atomic mass is 35.5. The maximum atomic E-state index is 12.7. The summed E-state index contributed by atoms with van der Waals surface area (Å²) < 4.78 is 6.05. The van der Waals surface area contributed by atoms with Crippen molar-refractivity contribution < 1.29 is 9.53 Å². The topological polar surface area (TPSA) is 62.1 Å². The maximum absolute atomic E-state index is 12.7. The van der Waals surface area contributed by atoms with E-state index in [1.807, 2.05) is 55.5 Å². The van der Waals surface area contributed by atoms with Crippen LogP contribution < -0.4 is 10.1 Å². The summed E-state index contributed by atoms with van der Waals surface area (Å²) >= 11 is 6.13. The monoisotopic (exact) mass is 452 g/mol. The molecule has 0 saturated carbocycles. The van der Waals surface area contributed by atoms with Crippen LogP contribution in [0.2, 0.25) is 5.02 Å². The molecule has 0 bridgehead atoms. The summed E-state index contributed by atoms with van der Waals surface area (Å²) in [6, 6.07) is 28.9. The Morgan fingerprint density at radius 3 is 2.58 bits per heavy atom. The molecule has 0 aromatic heterocycles. The number of fused-ring (bicyclic) bond motifs is 1. The Kier molecular flexibility index (Phi) is 6.73. The van der Waals surface area contributed by atoms with Gasteiger partial charge in [0.2, 0.25) is 0 Å². The molecule has 4 aromatic rings. The maximum Gasteiger partial charge on any atom is 0.266 e. The molecule has 0 aliphatic carbocycles. The summed E-state index contributed by atoms with van der Waals surface area (Å²) in [7, 11) is 0. The van der Waals surface area contributed by atoms with Gasteiger partial charge in [0, 0.05) is 16.3 Å². The van der Waals surface area contributed by atoms with E-state index >= 15 is 0 Å². The van der Waals surface area contributed by atoms with Crippen LogP contribution in [-0.2, 0) is 11.4 Å². The number of nitrogens with zero attached hydrogens (tertiary/aromatic N) is 1. The van der Waals surface area contributed by atoms with Gasteiger partial charge in [-0.25, -0.2) is 0 Å². The second kappa shape index (κ2) is 10.0. The van der Waals surface area contributed by atoms with Gasteiger partial charge >= 0.3 is 0 Å². The van der Waals surface area contributed by atoms with E-state index in [4.69, 9.17) is 16.3 Å². The number of nitriles is 1. The van der Waals surface area contributed by atoms with E-state index in [0.717, 1.165) is 16.5 Å². The predicted molar refractivity (Wildman–Crippen MR) is 133 cm³/mol. The van der Waals surface area contributed by atoms with Crippen molar-refractivity contribution in [1.29, 1.82) is 5.26 Å². The van der Waals surface area contributed by atoms with Crippen LogP contribution in [0.1, 0.15) is 16.7 Å². The molecule has 4 rings (SSSR count). The number of ether oxygens (including phenoxy) is 1. The van der Waals surface area contributed by atoms with E-state index in [-0.39, 0.29) is 5.57 Å². The first-order valence-electron chi connectivity index (χ1n) is 10.4. The molecule has 5 heteroatoms. The van der Waals surface area contributed by atoms with Gasteiger partial charge in [0.15, 0.2) is 0 Å². The van der Waals surface area contributed by atoms with Crippen LogP contribution in [0.5, 0.6) is 5.75 Å². The highest BCUT2D eigenvalue weighted by Crippen LogP contribution is 2.26. The number of para-hydroxylation sites is 1. The van der Waals surface area contributed by atoms with Crippen molar-refractivity contribution in [2.24, 2.45) is 0 Å². The van der Waals surface area contributed by atoms with E-state index in [0.29, 0.717) is 28.6 Å². The van der Waals surface area contributed by atoms with Gasteiger partial charge < -0.3 is 10.1 Å². The first kappa shape index (κ1) is 22.1. The zero-order valence-electron chi connectivity index (χ0n) is 18.0. The number of anilines is 1. The lowest BCUT2D eigenvalue weighted by Crippen LogP contribution is -2.14. The summed E-state index contributed by atoms with van der Waals surface area (Å²) in [6.45, 7) is 2.18. The van der Waals surface area contributed by atoms with Crippen LogP contribution in [0.3, 0.4) is 0 Å². The molecule has 0 aliphatic heterocycles. The number of hydrogen-bond acceptors (Lipinski definition) is 3. The first-order chi connectivity index (χ1) is 16.0. The summed E-state index contributed by atoms with van der Waals surface area (Å²) in [5, 5.41) is 15.2. The van der Waals surface area contributed by atoms with Crippen molar-refractivity contribution in [3.63, 3.8) is 0 Å². The highest BCUT2D eigenvalue weighted by Gasteiger charge is 2.13. The summed E-state index contributed by atoms with van der Waals surface area (Å²) in [4.78, 5) is 12.7. The third kappa shape index (κ3) is 5.23. The van der Waals surface area contributed by atoms with Crippen molar-refractivity contribution in [2.75, 3.05) is 5.32 Å². The Labute approximate surface area is 197 Å². The Morgan fingerprint density at radius 2 is 1.76 bits per heavy atom. The number of amides is 1. The number of nitrogens with one attached hydrogen (secondary N) is 1. The SMILES string of the molecule is Cc1c(Cl)cccc1NC(=O)/C(C#N)=C\c1ccccc1OCc1ccc2ccccc2c1. The summed E-state index contributed by atoms with van der Waals surface area (Å²) in [6.07, 6.45) is 1.53. The van der Waals surface area contributed by atoms with Crippen molar-refractivity contribution >= 4 is 40.0 Å². The van der Waals surface area contributed by atoms with Crippen molar-refractivity contribution in [1.82, 2.24) is 0 Å². The summed E-state index contributed by atoms with van der Waals surface area (Å²) in [5.41, 5.74) is 2.95. The van der Waals surface area contributed by atoms with Crippen LogP contribution in [0, 0.1) is 18.3 Å². The molecule has 0 atom stereocenters. The van der Waals surface area contributed by atoms with Gasteiger partial charge in [0.05, 0.1) is 0 Å². The second-order valence-corrected chi connectivity index (χ2v) is 7.95. The fraction of sp³-hybridized carbons (Fsp3) is 0.0714. The zero-order valence-corrected chi connectivity index (χ0v) is 18.8. The van der Waals surface area contributed by atoms with Crippen molar-refractivity contribution in [3.05, 3.63) is 112 Å². The van der Waals surface area contributed by atoms with Crippen LogP contribution in [-0.4, -0.2) is 5.91 Å². The minimum atomic E-state index is -0.507. The molecule has 0 unspecified atom stereocenters. The molecular formula is C28H21ClN2O2. The molecule has 4 nitrogen and oxygen atoms in total. The Morgan fingerprint density at radius 1 is 1.00 bits per heavy atom. The number of carbonyl (C=O) groups excluding carboxylic acids is 1. The highest BCUT2D eigenvalue weighted by molar-refractivity contribution is 6.31.